The van der Waals surface area contributed by atoms with Crippen molar-refractivity contribution in [3.63, 3.8) is 0 Å². The molecule has 1 N–H and O–H groups in total. The van der Waals surface area contributed by atoms with Gasteiger partial charge in [0.1, 0.15) is 5.82 Å². The van der Waals surface area contributed by atoms with E-state index in [1.54, 1.807) is 24.5 Å². The van der Waals surface area contributed by atoms with E-state index in [-0.39, 0.29) is 5.91 Å². The van der Waals surface area contributed by atoms with Crippen LogP contribution in [0.1, 0.15) is 34.7 Å². The summed E-state index contributed by atoms with van der Waals surface area (Å²) < 4.78 is 0. The minimum Gasteiger partial charge on any atom is -0.373 e. The number of carbonyl (C=O) groups excluding carboxylic acids is 1. The van der Waals surface area contributed by atoms with Gasteiger partial charge in [-0.2, -0.15) is 0 Å². The molecule has 1 aliphatic rings. The van der Waals surface area contributed by atoms with Crippen molar-refractivity contribution in [2.45, 2.75) is 18.8 Å². The fourth-order valence-corrected chi connectivity index (χ4v) is 2.95. The van der Waals surface area contributed by atoms with Crippen LogP contribution in [0.2, 0.25) is 0 Å². The summed E-state index contributed by atoms with van der Waals surface area (Å²) in [5.41, 5.74) is 1.95. The van der Waals surface area contributed by atoms with Gasteiger partial charge in [0.2, 0.25) is 0 Å². The van der Waals surface area contributed by atoms with Gasteiger partial charge < -0.3 is 10.2 Å². The quantitative estimate of drug-likeness (QED) is 0.945. The van der Waals surface area contributed by atoms with Crippen LogP contribution in [0.25, 0.3) is 0 Å². The van der Waals surface area contributed by atoms with Crippen molar-refractivity contribution < 1.29 is 4.79 Å². The average molecular weight is 296 g/mol. The lowest BCUT2D eigenvalue weighted by atomic mass is 9.91. The van der Waals surface area contributed by atoms with E-state index in [9.17, 15) is 4.79 Å². The second kappa shape index (κ2) is 6.56. The summed E-state index contributed by atoms with van der Waals surface area (Å²) in [6, 6.07) is 7.67. The number of hydrogen-bond acceptors (Lipinski definition) is 4. The summed E-state index contributed by atoms with van der Waals surface area (Å²) in [5.74, 6) is 1.33. The summed E-state index contributed by atoms with van der Waals surface area (Å²) in [7, 11) is 1.87. The Kier molecular flexibility index (Phi) is 4.32. The molecule has 0 aromatic carbocycles. The molecule has 22 heavy (non-hydrogen) atoms. The molecule has 0 unspecified atom stereocenters. The third-order valence-electron chi connectivity index (χ3n) is 4.15. The van der Waals surface area contributed by atoms with E-state index in [1.807, 2.05) is 24.2 Å². The molecule has 2 aromatic heterocycles. The summed E-state index contributed by atoms with van der Waals surface area (Å²) in [5, 5.41) is 3.07. The van der Waals surface area contributed by atoms with Crippen LogP contribution in [-0.2, 0) is 0 Å². The zero-order chi connectivity index (χ0) is 15.4. The van der Waals surface area contributed by atoms with Crippen LogP contribution >= 0.6 is 0 Å². The van der Waals surface area contributed by atoms with E-state index in [0.717, 1.165) is 31.7 Å². The van der Waals surface area contributed by atoms with Crippen molar-refractivity contribution in [1.82, 2.24) is 14.9 Å². The van der Waals surface area contributed by atoms with Crippen LogP contribution in [0.4, 0.5) is 5.82 Å². The van der Waals surface area contributed by atoms with Crippen LogP contribution in [-0.4, -0.2) is 40.9 Å². The lowest BCUT2D eigenvalue weighted by Crippen LogP contribution is -2.39. The van der Waals surface area contributed by atoms with E-state index in [4.69, 9.17) is 0 Å². The second-order valence-corrected chi connectivity index (χ2v) is 5.55. The zero-order valence-electron chi connectivity index (χ0n) is 12.7. The first-order valence-corrected chi connectivity index (χ1v) is 7.61. The number of piperidine rings is 1. The molecule has 2 aromatic rings. The molecular formula is C17H20N4O. The van der Waals surface area contributed by atoms with E-state index < -0.39 is 0 Å². The molecule has 0 spiro atoms. The number of anilines is 1. The van der Waals surface area contributed by atoms with Gasteiger partial charge in [-0.3, -0.25) is 9.78 Å². The molecule has 0 aliphatic carbocycles. The Morgan fingerprint density at radius 2 is 2.09 bits per heavy atom. The molecule has 1 atom stereocenters. The van der Waals surface area contributed by atoms with Gasteiger partial charge in [0, 0.05) is 50.2 Å². The lowest BCUT2D eigenvalue weighted by Gasteiger charge is -2.33. The summed E-state index contributed by atoms with van der Waals surface area (Å²) >= 11 is 0. The Bertz CT molecular complexity index is 644. The maximum Gasteiger partial charge on any atom is 0.253 e. The van der Waals surface area contributed by atoms with Crippen LogP contribution < -0.4 is 5.32 Å². The number of aromatic nitrogens is 2. The Balaban J connectivity index is 1.75. The van der Waals surface area contributed by atoms with Gasteiger partial charge in [-0.25, -0.2) is 4.98 Å². The van der Waals surface area contributed by atoms with Gasteiger partial charge in [0.05, 0.1) is 0 Å². The topological polar surface area (TPSA) is 58.1 Å². The highest BCUT2D eigenvalue weighted by molar-refractivity contribution is 5.94. The number of hydrogen-bond donors (Lipinski definition) is 1. The predicted octanol–water partition coefficient (Wildman–Crippen LogP) is 2.54. The van der Waals surface area contributed by atoms with Crippen molar-refractivity contribution in [3.05, 3.63) is 54.0 Å². The van der Waals surface area contributed by atoms with E-state index >= 15 is 0 Å². The summed E-state index contributed by atoms with van der Waals surface area (Å²) in [6.07, 6.45) is 7.28. The van der Waals surface area contributed by atoms with Gasteiger partial charge in [0.15, 0.2) is 0 Å². The largest absolute Gasteiger partial charge is 0.373 e. The zero-order valence-corrected chi connectivity index (χ0v) is 12.7. The van der Waals surface area contributed by atoms with E-state index in [0.29, 0.717) is 11.5 Å². The van der Waals surface area contributed by atoms with Gasteiger partial charge in [-0.05, 0) is 42.7 Å². The Labute approximate surface area is 130 Å². The lowest BCUT2D eigenvalue weighted by molar-refractivity contribution is 0.0707. The second-order valence-electron chi connectivity index (χ2n) is 5.55. The standard InChI is InChI=1S/C17H20N4O/c1-18-16-11-14(6-9-20-16)15-3-2-10-21(12-15)17(22)13-4-7-19-8-5-13/h4-9,11,15H,2-3,10,12H2,1H3,(H,18,20)/t15-/m0/s1. The van der Waals surface area contributed by atoms with Crippen LogP contribution in [0.5, 0.6) is 0 Å². The molecular weight excluding hydrogens is 276 g/mol. The Morgan fingerprint density at radius 1 is 1.27 bits per heavy atom. The number of nitrogens with one attached hydrogen (secondary N) is 1. The van der Waals surface area contributed by atoms with Crippen molar-refractivity contribution in [3.8, 4) is 0 Å². The van der Waals surface area contributed by atoms with Gasteiger partial charge in [-0.1, -0.05) is 0 Å². The highest BCUT2D eigenvalue weighted by Gasteiger charge is 2.25. The molecule has 0 radical (unpaired) electrons. The number of nitrogens with zero attached hydrogens (tertiary/aromatic N) is 3. The normalized spacial score (nSPS) is 18.0. The number of amides is 1. The summed E-state index contributed by atoms with van der Waals surface area (Å²) in [6.45, 7) is 1.58. The van der Waals surface area contributed by atoms with E-state index in [1.165, 1.54) is 5.56 Å². The van der Waals surface area contributed by atoms with Crippen molar-refractivity contribution >= 4 is 11.7 Å². The Morgan fingerprint density at radius 3 is 2.86 bits per heavy atom. The van der Waals surface area contributed by atoms with Gasteiger partial charge >= 0.3 is 0 Å². The van der Waals surface area contributed by atoms with Crippen molar-refractivity contribution in [1.29, 1.82) is 0 Å². The SMILES string of the molecule is CNc1cc([C@H]2CCCN(C(=O)c3ccncc3)C2)ccn1. The predicted molar refractivity (Wildman–Crippen MR) is 85.9 cm³/mol. The minimum atomic E-state index is 0.0926. The van der Waals surface area contributed by atoms with Crippen molar-refractivity contribution in [2.75, 3.05) is 25.5 Å². The van der Waals surface area contributed by atoms with Gasteiger partial charge in [-0.15, -0.1) is 0 Å². The molecule has 1 fully saturated rings. The highest BCUT2D eigenvalue weighted by atomic mass is 16.2. The van der Waals surface area contributed by atoms with Crippen LogP contribution in [0.3, 0.4) is 0 Å². The number of carbonyl (C=O) groups is 1. The van der Waals surface area contributed by atoms with Gasteiger partial charge in [0.25, 0.3) is 5.91 Å². The molecule has 5 heteroatoms. The molecule has 3 heterocycles. The molecule has 1 amide bonds. The highest BCUT2D eigenvalue weighted by Crippen LogP contribution is 2.28. The molecule has 0 saturated carbocycles. The molecule has 114 valence electrons. The van der Waals surface area contributed by atoms with E-state index in [2.05, 4.69) is 21.4 Å². The Hall–Kier alpha value is -2.43. The molecule has 3 rings (SSSR count). The smallest absolute Gasteiger partial charge is 0.253 e. The molecule has 0 bridgehead atoms. The van der Waals surface area contributed by atoms with Crippen molar-refractivity contribution in [2.24, 2.45) is 0 Å². The molecule has 5 nitrogen and oxygen atoms in total. The minimum absolute atomic E-state index is 0.0926. The molecule has 1 aliphatic heterocycles. The first-order chi connectivity index (χ1) is 10.8. The van der Waals surface area contributed by atoms with Crippen LogP contribution in [0.15, 0.2) is 42.9 Å². The summed E-state index contributed by atoms with van der Waals surface area (Å²) in [4.78, 5) is 22.7. The first-order valence-electron chi connectivity index (χ1n) is 7.61. The monoisotopic (exact) mass is 296 g/mol. The number of pyridine rings is 2. The average Bonchev–Trinajstić information content (AvgIpc) is 2.62. The third-order valence-corrected chi connectivity index (χ3v) is 4.15. The fraction of sp³-hybridized carbons (Fsp3) is 0.353. The maximum absolute atomic E-state index is 12.6. The molecule has 1 saturated heterocycles. The first kappa shape index (κ1) is 14.5. The maximum atomic E-state index is 12.6. The number of rotatable bonds is 3. The number of likely N-dealkylation sites (tertiary alicyclic amines) is 1. The van der Waals surface area contributed by atoms with Crippen LogP contribution in [0, 0.1) is 0 Å². The fourth-order valence-electron chi connectivity index (χ4n) is 2.95. The third kappa shape index (κ3) is 3.08.